The van der Waals surface area contributed by atoms with E-state index in [9.17, 15) is 4.79 Å². The van der Waals surface area contributed by atoms with Crippen molar-refractivity contribution in [2.24, 2.45) is 5.92 Å². The zero-order valence-corrected chi connectivity index (χ0v) is 12.7. The van der Waals surface area contributed by atoms with Crippen LogP contribution in [0.25, 0.3) is 10.9 Å². The monoisotopic (exact) mass is 309 g/mol. The van der Waals surface area contributed by atoms with Crippen molar-refractivity contribution in [3.8, 4) is 0 Å². The molecule has 1 heterocycles. The first kappa shape index (κ1) is 14.0. The quantitative estimate of drug-likeness (QED) is 0.566. The molecule has 2 aromatic rings. The van der Waals surface area contributed by atoms with Crippen molar-refractivity contribution in [1.82, 2.24) is 4.98 Å². The first-order valence-electron chi connectivity index (χ1n) is 7.17. The fourth-order valence-corrected chi connectivity index (χ4v) is 3.73. The highest BCUT2D eigenvalue weighted by molar-refractivity contribution is 6.39. The fourth-order valence-electron chi connectivity index (χ4n) is 3.14. The minimum Gasteiger partial charge on any atom is -0.360 e. The lowest BCUT2D eigenvalue weighted by atomic mass is 9.91. The van der Waals surface area contributed by atoms with E-state index in [0.29, 0.717) is 15.6 Å². The van der Waals surface area contributed by atoms with Crippen LogP contribution < -0.4 is 0 Å². The maximum atomic E-state index is 12.8. The number of aromatic amines is 1. The number of halogens is 2. The molecule has 0 saturated heterocycles. The Kier molecular flexibility index (Phi) is 4.04. The molecule has 0 aliphatic heterocycles. The number of ketones is 1. The number of H-pyrrole nitrogens is 1. The van der Waals surface area contributed by atoms with Crippen LogP contribution in [0.4, 0.5) is 0 Å². The summed E-state index contributed by atoms with van der Waals surface area (Å²) >= 11 is 12.3. The lowest BCUT2D eigenvalue weighted by Gasteiger charge is -2.12. The van der Waals surface area contributed by atoms with Crippen molar-refractivity contribution in [2.75, 3.05) is 0 Å². The number of hydrogen-bond acceptors (Lipinski definition) is 1. The van der Waals surface area contributed by atoms with Crippen molar-refractivity contribution in [2.45, 2.75) is 38.5 Å². The molecule has 1 N–H and O–H groups in total. The molecule has 3 rings (SSSR count). The van der Waals surface area contributed by atoms with Crippen LogP contribution in [0, 0.1) is 5.92 Å². The fraction of sp³-hybridized carbons (Fsp3) is 0.438. The van der Waals surface area contributed by atoms with E-state index >= 15 is 0 Å². The summed E-state index contributed by atoms with van der Waals surface area (Å²) in [5.41, 5.74) is 1.55. The van der Waals surface area contributed by atoms with Gasteiger partial charge in [-0.05, 0) is 25.0 Å². The predicted octanol–water partition coefficient (Wildman–Crippen LogP) is 5.63. The third-order valence-corrected chi connectivity index (χ3v) is 4.70. The first-order chi connectivity index (χ1) is 9.66. The van der Waals surface area contributed by atoms with Crippen molar-refractivity contribution in [1.29, 1.82) is 0 Å². The molecule has 0 bridgehead atoms. The van der Waals surface area contributed by atoms with Gasteiger partial charge in [-0.2, -0.15) is 0 Å². The number of aromatic nitrogens is 1. The van der Waals surface area contributed by atoms with E-state index in [0.717, 1.165) is 36.6 Å². The Bertz CT molecular complexity index is 639. The maximum Gasteiger partial charge on any atom is 0.168 e. The molecule has 20 heavy (non-hydrogen) atoms. The molecule has 106 valence electrons. The van der Waals surface area contributed by atoms with Gasteiger partial charge in [-0.3, -0.25) is 4.79 Å². The van der Waals surface area contributed by atoms with E-state index in [2.05, 4.69) is 4.98 Å². The van der Waals surface area contributed by atoms with Crippen LogP contribution >= 0.6 is 23.2 Å². The van der Waals surface area contributed by atoms with Crippen LogP contribution in [0.5, 0.6) is 0 Å². The average molecular weight is 310 g/mol. The molecule has 1 aliphatic rings. The van der Waals surface area contributed by atoms with Crippen molar-refractivity contribution in [3.05, 3.63) is 33.9 Å². The Morgan fingerprint density at radius 3 is 2.50 bits per heavy atom. The number of carbonyl (C=O) groups excluding carboxylic acids is 1. The summed E-state index contributed by atoms with van der Waals surface area (Å²) in [5.74, 6) is 0.366. The second-order valence-electron chi connectivity index (χ2n) is 5.57. The third-order valence-electron chi connectivity index (χ3n) is 4.19. The molecule has 0 unspecified atom stereocenters. The van der Waals surface area contributed by atoms with Gasteiger partial charge < -0.3 is 4.98 Å². The standard InChI is InChI=1S/C16H17Cl2NO/c17-11-7-13(18)15-12(9-19-14(15)8-11)16(20)10-5-3-1-2-4-6-10/h7-10,19H,1-6H2. The lowest BCUT2D eigenvalue weighted by molar-refractivity contribution is 0.0909. The Hall–Kier alpha value is -0.990. The van der Waals surface area contributed by atoms with Gasteiger partial charge in [0.15, 0.2) is 5.78 Å². The summed E-state index contributed by atoms with van der Waals surface area (Å²) < 4.78 is 0. The molecule has 0 atom stereocenters. The SMILES string of the molecule is O=C(c1c[nH]c2cc(Cl)cc(Cl)c12)C1CCCCCC1. The molecular weight excluding hydrogens is 293 g/mol. The Morgan fingerprint density at radius 2 is 1.80 bits per heavy atom. The Morgan fingerprint density at radius 1 is 1.10 bits per heavy atom. The number of hydrogen-bond donors (Lipinski definition) is 1. The average Bonchev–Trinajstić information content (AvgIpc) is 2.66. The van der Waals surface area contributed by atoms with Crippen LogP contribution in [0.3, 0.4) is 0 Å². The van der Waals surface area contributed by atoms with Gasteiger partial charge in [0, 0.05) is 33.6 Å². The van der Waals surface area contributed by atoms with E-state index < -0.39 is 0 Å². The van der Waals surface area contributed by atoms with Crippen LogP contribution in [0.1, 0.15) is 48.9 Å². The van der Waals surface area contributed by atoms with E-state index in [1.807, 2.05) is 6.07 Å². The zero-order chi connectivity index (χ0) is 14.1. The van der Waals surface area contributed by atoms with Crippen LogP contribution in [-0.2, 0) is 0 Å². The number of rotatable bonds is 2. The molecule has 0 amide bonds. The van der Waals surface area contributed by atoms with Crippen molar-refractivity contribution in [3.63, 3.8) is 0 Å². The van der Waals surface area contributed by atoms with E-state index in [1.165, 1.54) is 12.8 Å². The number of benzene rings is 1. The van der Waals surface area contributed by atoms with Gasteiger partial charge in [-0.1, -0.05) is 48.9 Å². The maximum absolute atomic E-state index is 12.8. The molecule has 1 aliphatic carbocycles. The minimum absolute atomic E-state index is 0.142. The summed E-state index contributed by atoms with van der Waals surface area (Å²) in [5, 5.41) is 1.94. The predicted molar refractivity (Wildman–Crippen MR) is 83.8 cm³/mol. The van der Waals surface area contributed by atoms with E-state index in [1.54, 1.807) is 12.3 Å². The molecule has 1 fully saturated rings. The second kappa shape index (κ2) is 5.79. The van der Waals surface area contributed by atoms with Crippen molar-refractivity contribution >= 4 is 39.9 Å². The number of Topliss-reactive ketones (excluding diaryl/α,β-unsaturated/α-hetero) is 1. The number of carbonyl (C=O) groups is 1. The Balaban J connectivity index is 1.99. The van der Waals surface area contributed by atoms with Gasteiger partial charge in [-0.15, -0.1) is 0 Å². The third kappa shape index (κ3) is 2.59. The minimum atomic E-state index is 0.142. The van der Waals surface area contributed by atoms with Gasteiger partial charge in [0.1, 0.15) is 0 Å². The molecule has 1 aromatic heterocycles. The normalized spacial score (nSPS) is 17.3. The summed E-state index contributed by atoms with van der Waals surface area (Å²) in [4.78, 5) is 15.9. The van der Waals surface area contributed by atoms with Gasteiger partial charge in [-0.25, -0.2) is 0 Å². The van der Waals surface area contributed by atoms with E-state index in [4.69, 9.17) is 23.2 Å². The number of fused-ring (bicyclic) bond motifs is 1. The molecule has 0 radical (unpaired) electrons. The molecular formula is C16H17Cl2NO. The zero-order valence-electron chi connectivity index (χ0n) is 11.2. The summed E-state index contributed by atoms with van der Waals surface area (Å²) in [7, 11) is 0. The topological polar surface area (TPSA) is 32.9 Å². The van der Waals surface area contributed by atoms with Gasteiger partial charge in [0.2, 0.25) is 0 Å². The second-order valence-corrected chi connectivity index (χ2v) is 6.41. The molecule has 4 heteroatoms. The first-order valence-corrected chi connectivity index (χ1v) is 7.93. The molecule has 1 saturated carbocycles. The highest BCUT2D eigenvalue weighted by Crippen LogP contribution is 2.33. The van der Waals surface area contributed by atoms with Crippen LogP contribution in [0.2, 0.25) is 10.0 Å². The molecule has 2 nitrogen and oxygen atoms in total. The molecule has 1 aromatic carbocycles. The largest absolute Gasteiger partial charge is 0.360 e. The highest BCUT2D eigenvalue weighted by atomic mass is 35.5. The van der Waals surface area contributed by atoms with E-state index in [-0.39, 0.29) is 11.7 Å². The summed E-state index contributed by atoms with van der Waals surface area (Å²) in [6, 6.07) is 3.51. The van der Waals surface area contributed by atoms with Crippen LogP contribution in [0.15, 0.2) is 18.3 Å². The lowest BCUT2D eigenvalue weighted by Crippen LogP contribution is -2.13. The smallest absolute Gasteiger partial charge is 0.168 e. The van der Waals surface area contributed by atoms with Gasteiger partial charge in [0.05, 0.1) is 5.02 Å². The van der Waals surface area contributed by atoms with Crippen molar-refractivity contribution < 1.29 is 4.79 Å². The summed E-state index contributed by atoms with van der Waals surface area (Å²) in [6.45, 7) is 0. The van der Waals surface area contributed by atoms with Gasteiger partial charge in [0.25, 0.3) is 0 Å². The number of nitrogens with one attached hydrogen (secondary N) is 1. The summed E-state index contributed by atoms with van der Waals surface area (Å²) in [6.07, 6.45) is 8.56. The van der Waals surface area contributed by atoms with Gasteiger partial charge >= 0.3 is 0 Å². The Labute approximate surface area is 128 Å². The molecule has 0 spiro atoms. The van der Waals surface area contributed by atoms with Crippen LogP contribution in [-0.4, -0.2) is 10.8 Å². The highest BCUT2D eigenvalue weighted by Gasteiger charge is 2.24.